The van der Waals surface area contributed by atoms with Crippen LogP contribution in [-0.2, 0) is 4.79 Å². The predicted molar refractivity (Wildman–Crippen MR) is 59.7 cm³/mol. The van der Waals surface area contributed by atoms with Crippen LogP contribution in [0.2, 0.25) is 0 Å². The molecule has 1 amide bonds. The van der Waals surface area contributed by atoms with E-state index >= 15 is 0 Å². The van der Waals surface area contributed by atoms with Gasteiger partial charge in [0.25, 0.3) is 0 Å². The molecular weight excluding hydrogens is 206 g/mol. The average Bonchev–Trinajstić information content (AvgIpc) is 2.25. The standard InChI is InChI=1S/C12H21NO3/c1-9-6-10(7-9)11(15)13-4-2-12(16,8-14)3-5-13/h9-10,14,16H,2-8H2,1H3. The van der Waals surface area contributed by atoms with Crippen LogP contribution in [0.1, 0.15) is 32.6 Å². The van der Waals surface area contributed by atoms with Crippen LogP contribution in [0.5, 0.6) is 0 Å². The monoisotopic (exact) mass is 227 g/mol. The number of aliphatic hydroxyl groups is 2. The molecule has 0 spiro atoms. The number of amides is 1. The Labute approximate surface area is 96.3 Å². The maximum absolute atomic E-state index is 12.0. The van der Waals surface area contributed by atoms with Crippen LogP contribution in [0.25, 0.3) is 0 Å². The van der Waals surface area contributed by atoms with Gasteiger partial charge in [-0.05, 0) is 31.6 Å². The molecule has 2 N–H and O–H groups in total. The number of likely N-dealkylation sites (tertiary alicyclic amines) is 1. The minimum atomic E-state index is -0.955. The molecule has 1 aliphatic heterocycles. The first-order chi connectivity index (χ1) is 7.54. The second-order valence-corrected chi connectivity index (χ2v) is 5.48. The van der Waals surface area contributed by atoms with Gasteiger partial charge in [-0.2, -0.15) is 0 Å². The number of nitrogens with zero attached hydrogens (tertiary/aromatic N) is 1. The molecule has 16 heavy (non-hydrogen) atoms. The minimum Gasteiger partial charge on any atom is -0.393 e. The van der Waals surface area contributed by atoms with Crippen molar-refractivity contribution in [3.63, 3.8) is 0 Å². The predicted octanol–water partition coefficient (Wildman–Crippen LogP) is 0.378. The number of hydrogen-bond donors (Lipinski definition) is 2. The fraction of sp³-hybridized carbons (Fsp3) is 0.917. The van der Waals surface area contributed by atoms with Crippen molar-refractivity contribution in [1.82, 2.24) is 4.90 Å². The molecule has 0 aromatic carbocycles. The zero-order valence-electron chi connectivity index (χ0n) is 9.85. The number of aliphatic hydroxyl groups excluding tert-OH is 1. The van der Waals surface area contributed by atoms with E-state index in [2.05, 4.69) is 6.92 Å². The molecule has 0 aromatic heterocycles. The van der Waals surface area contributed by atoms with Crippen LogP contribution in [0.3, 0.4) is 0 Å². The van der Waals surface area contributed by atoms with Gasteiger partial charge in [0.05, 0.1) is 12.2 Å². The van der Waals surface area contributed by atoms with Crippen molar-refractivity contribution in [2.45, 2.75) is 38.2 Å². The summed E-state index contributed by atoms with van der Waals surface area (Å²) in [5.41, 5.74) is -0.955. The van der Waals surface area contributed by atoms with Crippen LogP contribution < -0.4 is 0 Å². The van der Waals surface area contributed by atoms with Gasteiger partial charge >= 0.3 is 0 Å². The van der Waals surface area contributed by atoms with Gasteiger partial charge in [0.1, 0.15) is 0 Å². The Morgan fingerprint density at radius 3 is 2.38 bits per heavy atom. The maximum atomic E-state index is 12.0. The highest BCUT2D eigenvalue weighted by Crippen LogP contribution is 2.35. The number of carbonyl (C=O) groups is 1. The van der Waals surface area contributed by atoms with E-state index in [1.807, 2.05) is 4.90 Å². The average molecular weight is 227 g/mol. The summed E-state index contributed by atoms with van der Waals surface area (Å²) < 4.78 is 0. The Morgan fingerprint density at radius 1 is 1.38 bits per heavy atom. The molecule has 0 aromatic rings. The third kappa shape index (κ3) is 2.23. The summed E-state index contributed by atoms with van der Waals surface area (Å²) in [5.74, 6) is 1.15. The van der Waals surface area contributed by atoms with Crippen molar-refractivity contribution >= 4 is 5.91 Å². The van der Waals surface area contributed by atoms with Gasteiger partial charge in [-0.3, -0.25) is 4.79 Å². The molecule has 0 atom stereocenters. The van der Waals surface area contributed by atoms with Gasteiger partial charge in [0.15, 0.2) is 0 Å². The molecule has 4 nitrogen and oxygen atoms in total. The second-order valence-electron chi connectivity index (χ2n) is 5.48. The van der Waals surface area contributed by atoms with Gasteiger partial charge in [-0.1, -0.05) is 6.92 Å². The maximum Gasteiger partial charge on any atom is 0.225 e. The summed E-state index contributed by atoms with van der Waals surface area (Å²) >= 11 is 0. The van der Waals surface area contributed by atoms with E-state index in [1.54, 1.807) is 0 Å². The highest BCUT2D eigenvalue weighted by molar-refractivity contribution is 5.79. The Morgan fingerprint density at radius 2 is 1.94 bits per heavy atom. The molecule has 1 saturated carbocycles. The van der Waals surface area contributed by atoms with Crippen molar-refractivity contribution in [3.05, 3.63) is 0 Å². The Kier molecular flexibility index (Phi) is 3.22. The first-order valence-electron chi connectivity index (χ1n) is 6.16. The molecule has 1 heterocycles. The Hall–Kier alpha value is -0.610. The van der Waals surface area contributed by atoms with Crippen molar-refractivity contribution in [2.75, 3.05) is 19.7 Å². The van der Waals surface area contributed by atoms with Crippen molar-refractivity contribution in [2.24, 2.45) is 11.8 Å². The van der Waals surface area contributed by atoms with Crippen LogP contribution in [-0.4, -0.2) is 46.3 Å². The number of hydrogen-bond acceptors (Lipinski definition) is 3. The van der Waals surface area contributed by atoms with Crippen LogP contribution in [0, 0.1) is 11.8 Å². The van der Waals surface area contributed by atoms with Crippen LogP contribution in [0.4, 0.5) is 0 Å². The summed E-state index contributed by atoms with van der Waals surface area (Å²) in [7, 11) is 0. The lowest BCUT2D eigenvalue weighted by Crippen LogP contribution is -2.51. The first-order valence-corrected chi connectivity index (χ1v) is 6.16. The van der Waals surface area contributed by atoms with Crippen molar-refractivity contribution in [1.29, 1.82) is 0 Å². The molecule has 0 radical (unpaired) electrons. The van der Waals surface area contributed by atoms with Gasteiger partial charge in [-0.25, -0.2) is 0 Å². The molecular formula is C12H21NO3. The minimum absolute atomic E-state index is 0.199. The first kappa shape index (κ1) is 11.9. The summed E-state index contributed by atoms with van der Waals surface area (Å²) in [6.07, 6.45) is 3.02. The van der Waals surface area contributed by atoms with E-state index in [1.165, 1.54) is 0 Å². The van der Waals surface area contributed by atoms with E-state index in [-0.39, 0.29) is 18.4 Å². The highest BCUT2D eigenvalue weighted by atomic mass is 16.3. The van der Waals surface area contributed by atoms with Gasteiger partial charge in [0, 0.05) is 19.0 Å². The zero-order chi connectivity index (χ0) is 11.8. The molecule has 4 heteroatoms. The fourth-order valence-corrected chi connectivity index (χ4v) is 2.66. The Bertz CT molecular complexity index is 265. The van der Waals surface area contributed by atoms with E-state index in [4.69, 9.17) is 5.11 Å². The molecule has 2 rings (SSSR count). The van der Waals surface area contributed by atoms with Crippen molar-refractivity contribution in [3.8, 4) is 0 Å². The summed E-state index contributed by atoms with van der Waals surface area (Å²) in [4.78, 5) is 13.9. The second kappa shape index (κ2) is 4.34. The lowest BCUT2D eigenvalue weighted by molar-refractivity contribution is -0.145. The zero-order valence-corrected chi connectivity index (χ0v) is 9.85. The van der Waals surface area contributed by atoms with E-state index < -0.39 is 5.60 Å². The van der Waals surface area contributed by atoms with E-state index in [9.17, 15) is 9.90 Å². The lowest BCUT2D eigenvalue weighted by atomic mass is 9.75. The van der Waals surface area contributed by atoms with Gasteiger partial charge in [-0.15, -0.1) is 0 Å². The molecule has 92 valence electrons. The summed E-state index contributed by atoms with van der Waals surface area (Å²) in [6.45, 7) is 3.14. The molecule has 0 bridgehead atoms. The topological polar surface area (TPSA) is 60.8 Å². The smallest absolute Gasteiger partial charge is 0.225 e. The lowest BCUT2D eigenvalue weighted by Gasteiger charge is -2.41. The SMILES string of the molecule is CC1CC(C(=O)N2CCC(O)(CO)CC2)C1. The van der Waals surface area contributed by atoms with E-state index in [0.717, 1.165) is 12.8 Å². The van der Waals surface area contributed by atoms with Crippen LogP contribution >= 0.6 is 0 Å². The number of piperidine rings is 1. The molecule has 2 aliphatic rings. The summed E-state index contributed by atoms with van der Waals surface area (Å²) in [6, 6.07) is 0. The molecule has 0 unspecified atom stereocenters. The third-order valence-electron chi connectivity index (χ3n) is 4.02. The molecule has 1 saturated heterocycles. The fourth-order valence-electron chi connectivity index (χ4n) is 2.66. The molecule has 1 aliphatic carbocycles. The van der Waals surface area contributed by atoms with E-state index in [0.29, 0.717) is 31.8 Å². The Balaban J connectivity index is 1.82. The highest BCUT2D eigenvalue weighted by Gasteiger charge is 2.38. The number of carbonyl (C=O) groups excluding carboxylic acids is 1. The third-order valence-corrected chi connectivity index (χ3v) is 4.02. The summed E-state index contributed by atoms with van der Waals surface area (Å²) in [5, 5.41) is 18.9. The number of rotatable bonds is 2. The van der Waals surface area contributed by atoms with Gasteiger partial charge < -0.3 is 15.1 Å². The quantitative estimate of drug-likeness (QED) is 0.717. The largest absolute Gasteiger partial charge is 0.393 e. The van der Waals surface area contributed by atoms with Crippen molar-refractivity contribution < 1.29 is 15.0 Å². The normalized spacial score (nSPS) is 33.3. The van der Waals surface area contributed by atoms with Gasteiger partial charge in [0.2, 0.25) is 5.91 Å². The molecule has 2 fully saturated rings. The van der Waals surface area contributed by atoms with Crippen LogP contribution in [0.15, 0.2) is 0 Å².